The van der Waals surface area contributed by atoms with E-state index in [4.69, 9.17) is 13.9 Å². The number of esters is 1. The van der Waals surface area contributed by atoms with Gasteiger partial charge in [0.2, 0.25) is 11.6 Å². The summed E-state index contributed by atoms with van der Waals surface area (Å²) in [6.07, 6.45) is -2.67. The Morgan fingerprint density at radius 1 is 1.14 bits per heavy atom. The number of aliphatic hydroxyl groups excluding tert-OH is 1. The number of carbonyl (C=O) groups is 3. The first kappa shape index (κ1) is 18.2. The topological polar surface area (TPSA) is 103 Å². The minimum atomic E-state index is -2.30. The van der Waals surface area contributed by atoms with Crippen molar-refractivity contribution in [3.05, 3.63) is 65.1 Å². The number of Topliss-reactive ketones (excluding diaryl/α,β-unsaturated/α-hetero) is 2. The van der Waals surface area contributed by atoms with Crippen molar-refractivity contribution in [1.82, 2.24) is 0 Å². The molecule has 7 nitrogen and oxygen atoms in total. The summed E-state index contributed by atoms with van der Waals surface area (Å²) in [5.41, 5.74) is -1.92. The quantitative estimate of drug-likeness (QED) is 0.490. The van der Waals surface area contributed by atoms with Crippen molar-refractivity contribution in [1.29, 1.82) is 0 Å². The maximum absolute atomic E-state index is 12.9. The molecule has 2 aliphatic rings. The zero-order valence-corrected chi connectivity index (χ0v) is 15.3. The number of aryl methyl sites for hydroxylation is 1. The van der Waals surface area contributed by atoms with Crippen molar-refractivity contribution in [3.8, 4) is 0 Å². The van der Waals surface area contributed by atoms with Crippen LogP contribution in [0.25, 0.3) is 5.76 Å². The van der Waals surface area contributed by atoms with Crippen LogP contribution in [0.5, 0.6) is 0 Å². The van der Waals surface area contributed by atoms with E-state index in [9.17, 15) is 19.5 Å². The molecule has 1 fully saturated rings. The predicted octanol–water partition coefficient (Wildman–Crippen LogP) is 2.08. The maximum Gasteiger partial charge on any atom is 0.362 e. The number of rotatable bonds is 4. The third-order valence-corrected chi connectivity index (χ3v) is 5.07. The van der Waals surface area contributed by atoms with E-state index in [1.54, 1.807) is 30.3 Å². The van der Waals surface area contributed by atoms with Crippen LogP contribution in [0, 0.1) is 0 Å². The van der Waals surface area contributed by atoms with Gasteiger partial charge in [-0.05, 0) is 19.1 Å². The molecule has 1 spiro atoms. The molecule has 0 aliphatic carbocycles. The number of cyclic esters (lactones) is 1. The summed E-state index contributed by atoms with van der Waals surface area (Å²) in [6, 6.07) is 11.5. The van der Waals surface area contributed by atoms with Gasteiger partial charge >= 0.3 is 5.97 Å². The Morgan fingerprint density at radius 2 is 1.86 bits per heavy atom. The van der Waals surface area contributed by atoms with Crippen LogP contribution in [0.4, 0.5) is 0 Å². The van der Waals surface area contributed by atoms with Crippen LogP contribution in [-0.2, 0) is 25.5 Å². The predicted molar refractivity (Wildman–Crippen MR) is 96.2 cm³/mol. The molecule has 0 radical (unpaired) electrons. The van der Waals surface area contributed by atoms with Gasteiger partial charge < -0.3 is 19.0 Å². The van der Waals surface area contributed by atoms with Gasteiger partial charge in [0.15, 0.2) is 23.7 Å². The molecule has 1 aromatic heterocycles. The Bertz CT molecular complexity index is 1000. The van der Waals surface area contributed by atoms with Gasteiger partial charge in [-0.1, -0.05) is 37.3 Å². The highest BCUT2D eigenvalue weighted by molar-refractivity contribution is 6.23. The molecule has 1 N–H and O–H groups in total. The molecule has 0 amide bonds. The molecule has 0 bridgehead atoms. The summed E-state index contributed by atoms with van der Waals surface area (Å²) in [6.45, 7) is 3.39. The summed E-state index contributed by atoms with van der Waals surface area (Å²) in [5, 5.41) is 10.8. The molecule has 4 rings (SSSR count). The van der Waals surface area contributed by atoms with Crippen molar-refractivity contribution in [2.45, 2.75) is 38.1 Å². The number of benzene rings is 1. The number of ether oxygens (including phenoxy) is 2. The summed E-state index contributed by atoms with van der Waals surface area (Å²) in [5.74, 6) is -1.41. The largest absolute Gasteiger partial charge is 0.460 e. The monoisotopic (exact) mass is 382 g/mol. The van der Waals surface area contributed by atoms with E-state index in [2.05, 4.69) is 0 Å². The zero-order valence-electron chi connectivity index (χ0n) is 15.3. The fraction of sp³-hybridized carbons (Fsp3) is 0.286. The first-order valence-corrected chi connectivity index (χ1v) is 8.92. The molecular weight excluding hydrogens is 364 g/mol. The lowest BCUT2D eigenvalue weighted by Crippen LogP contribution is -2.53. The van der Waals surface area contributed by atoms with Gasteiger partial charge in [0, 0.05) is 17.6 Å². The molecule has 0 unspecified atom stereocenters. The Hall–Kier alpha value is -3.19. The number of carbonyl (C=O) groups excluding carboxylic acids is 3. The average molecular weight is 382 g/mol. The highest BCUT2D eigenvalue weighted by Crippen LogP contribution is 2.44. The second-order valence-corrected chi connectivity index (χ2v) is 6.74. The van der Waals surface area contributed by atoms with E-state index in [0.717, 1.165) is 0 Å². The van der Waals surface area contributed by atoms with Gasteiger partial charge in [0.1, 0.15) is 5.76 Å². The van der Waals surface area contributed by atoms with Crippen LogP contribution in [0.3, 0.4) is 0 Å². The van der Waals surface area contributed by atoms with E-state index >= 15 is 0 Å². The Labute approximate surface area is 160 Å². The summed E-state index contributed by atoms with van der Waals surface area (Å²) in [4.78, 5) is 38.2. The normalized spacial score (nSPS) is 26.7. The number of ketones is 2. The molecule has 1 aromatic carbocycles. The first-order valence-electron chi connectivity index (χ1n) is 8.92. The lowest BCUT2D eigenvalue weighted by molar-refractivity contribution is -0.159. The van der Waals surface area contributed by atoms with Crippen LogP contribution in [0.15, 0.2) is 52.5 Å². The average Bonchev–Trinajstić information content (AvgIpc) is 3.36. The van der Waals surface area contributed by atoms with E-state index in [1.165, 1.54) is 19.1 Å². The second-order valence-electron chi connectivity index (χ2n) is 6.74. The van der Waals surface area contributed by atoms with E-state index in [1.807, 2.05) is 6.92 Å². The molecule has 7 heteroatoms. The third-order valence-electron chi connectivity index (χ3n) is 5.07. The minimum Gasteiger partial charge on any atom is -0.460 e. The van der Waals surface area contributed by atoms with Crippen molar-refractivity contribution in [2.24, 2.45) is 0 Å². The van der Waals surface area contributed by atoms with E-state index < -0.39 is 35.3 Å². The Kier molecular flexibility index (Phi) is 4.19. The third kappa shape index (κ3) is 2.43. The lowest BCUT2D eigenvalue weighted by Gasteiger charge is -2.22. The number of hydrogen-bond acceptors (Lipinski definition) is 7. The molecule has 28 heavy (non-hydrogen) atoms. The van der Waals surface area contributed by atoms with E-state index in [0.29, 0.717) is 12.2 Å². The van der Waals surface area contributed by atoms with Gasteiger partial charge in [-0.25, -0.2) is 4.79 Å². The molecule has 2 aromatic rings. The van der Waals surface area contributed by atoms with Crippen LogP contribution < -0.4 is 0 Å². The van der Waals surface area contributed by atoms with Crippen molar-refractivity contribution in [2.75, 3.05) is 0 Å². The lowest BCUT2D eigenvalue weighted by atomic mass is 9.87. The minimum absolute atomic E-state index is 0.0634. The highest BCUT2D eigenvalue weighted by atomic mass is 16.6. The molecule has 2 aliphatic heterocycles. The number of aliphatic hydroxyl groups is 1. The SMILES string of the molecule is CCc1ccc(C2=C(C)C(=O)[C@@]3(O2)C(=O)O[C@H](C(=O)c2ccccc2)[C@H]3O)o1. The maximum atomic E-state index is 12.9. The highest BCUT2D eigenvalue weighted by Gasteiger charge is 2.69. The molecule has 0 saturated carbocycles. The number of hydrogen-bond donors (Lipinski definition) is 1. The van der Waals surface area contributed by atoms with Gasteiger partial charge in [0.05, 0.1) is 0 Å². The standard InChI is InChI=1S/C21H18O7/c1-3-13-9-10-14(26-13)16-11(2)18(23)21(28-16)19(24)17(27-20(21)25)15(22)12-7-5-4-6-8-12/h4-10,17,19,24H,3H2,1-2H3/t17-,19-,21+/m1/s1. The number of furan rings is 1. The van der Waals surface area contributed by atoms with Gasteiger partial charge in [0.25, 0.3) is 5.60 Å². The Morgan fingerprint density at radius 3 is 2.50 bits per heavy atom. The fourth-order valence-electron chi connectivity index (χ4n) is 3.48. The summed E-state index contributed by atoms with van der Waals surface area (Å²) < 4.78 is 16.4. The zero-order chi connectivity index (χ0) is 20.1. The first-order chi connectivity index (χ1) is 13.4. The van der Waals surface area contributed by atoms with Gasteiger partial charge in [-0.2, -0.15) is 0 Å². The van der Waals surface area contributed by atoms with Crippen LogP contribution in [0.1, 0.15) is 35.7 Å². The van der Waals surface area contributed by atoms with Gasteiger partial charge in [-0.3, -0.25) is 9.59 Å². The van der Waals surface area contributed by atoms with Gasteiger partial charge in [-0.15, -0.1) is 0 Å². The molecule has 144 valence electrons. The van der Waals surface area contributed by atoms with Crippen LogP contribution in [-0.4, -0.2) is 40.5 Å². The summed E-state index contributed by atoms with van der Waals surface area (Å²) >= 11 is 0. The molecule has 1 saturated heterocycles. The van der Waals surface area contributed by atoms with Crippen LogP contribution >= 0.6 is 0 Å². The van der Waals surface area contributed by atoms with Crippen molar-refractivity contribution in [3.63, 3.8) is 0 Å². The molecular formula is C21H18O7. The van der Waals surface area contributed by atoms with E-state index in [-0.39, 0.29) is 22.7 Å². The van der Waals surface area contributed by atoms with Crippen LogP contribution in [0.2, 0.25) is 0 Å². The summed E-state index contributed by atoms with van der Waals surface area (Å²) in [7, 11) is 0. The Balaban J connectivity index is 1.68. The smallest absolute Gasteiger partial charge is 0.362 e. The molecule has 3 atom stereocenters. The van der Waals surface area contributed by atoms with Crippen molar-refractivity contribution < 1.29 is 33.4 Å². The van der Waals surface area contributed by atoms with Crippen molar-refractivity contribution >= 4 is 23.3 Å². The molecule has 3 heterocycles. The second kappa shape index (κ2) is 6.45. The fourth-order valence-corrected chi connectivity index (χ4v) is 3.48.